The van der Waals surface area contributed by atoms with Gasteiger partial charge in [-0.1, -0.05) is 27.7 Å². The fourth-order valence-electron chi connectivity index (χ4n) is 2.80. The summed E-state index contributed by atoms with van der Waals surface area (Å²) >= 11 is 0. The molecule has 1 unspecified atom stereocenters. The van der Waals surface area contributed by atoms with Gasteiger partial charge in [0.05, 0.1) is 12.0 Å². The van der Waals surface area contributed by atoms with Crippen molar-refractivity contribution in [3.63, 3.8) is 0 Å². The third-order valence-corrected chi connectivity index (χ3v) is 3.94. The number of primary amides is 1. The van der Waals surface area contributed by atoms with Crippen LogP contribution in [0.15, 0.2) is 0 Å². The number of carbonyl (C=O) groups is 2. The van der Waals surface area contributed by atoms with Crippen molar-refractivity contribution < 1.29 is 9.59 Å². The van der Waals surface area contributed by atoms with E-state index in [0.717, 1.165) is 13.0 Å². The molecular formula is C14H27N3O2. The molecule has 5 heteroatoms. The predicted molar refractivity (Wildman–Crippen MR) is 75.4 cm³/mol. The Morgan fingerprint density at radius 1 is 1.32 bits per heavy atom. The third kappa shape index (κ3) is 3.69. The van der Waals surface area contributed by atoms with Crippen LogP contribution in [0.1, 0.15) is 34.1 Å². The number of nitrogens with one attached hydrogen (secondary N) is 1. The number of hydrogen-bond acceptors (Lipinski definition) is 3. The van der Waals surface area contributed by atoms with Crippen molar-refractivity contribution in [2.24, 2.45) is 23.0 Å². The first-order chi connectivity index (χ1) is 8.79. The molecule has 110 valence electrons. The largest absolute Gasteiger partial charge is 0.368 e. The molecule has 2 amide bonds. The Morgan fingerprint density at radius 3 is 2.32 bits per heavy atom. The van der Waals surface area contributed by atoms with Crippen molar-refractivity contribution in [1.82, 2.24) is 10.2 Å². The Bertz CT molecular complexity index is 334. The molecule has 1 aliphatic rings. The zero-order valence-corrected chi connectivity index (χ0v) is 12.5. The van der Waals surface area contributed by atoms with Crippen molar-refractivity contribution in [1.29, 1.82) is 0 Å². The average Bonchev–Trinajstić information content (AvgIpc) is 2.76. The summed E-state index contributed by atoms with van der Waals surface area (Å²) in [5.74, 6) is 0.193. The van der Waals surface area contributed by atoms with E-state index in [9.17, 15) is 9.59 Å². The maximum atomic E-state index is 12.9. The minimum absolute atomic E-state index is 0.0193. The molecule has 3 N–H and O–H groups in total. The summed E-state index contributed by atoms with van der Waals surface area (Å²) in [6.07, 6.45) is 0.830. The summed E-state index contributed by atoms with van der Waals surface area (Å²) < 4.78 is 0. The summed E-state index contributed by atoms with van der Waals surface area (Å²) in [6.45, 7) is 10.4. The predicted octanol–water partition coefficient (Wildman–Crippen LogP) is 0.592. The minimum atomic E-state index is -0.445. The molecule has 1 fully saturated rings. The molecule has 0 bridgehead atoms. The van der Waals surface area contributed by atoms with Gasteiger partial charge in [0.15, 0.2) is 0 Å². The molecule has 0 radical (unpaired) electrons. The number of nitrogens with two attached hydrogens (primary N) is 1. The molecule has 19 heavy (non-hydrogen) atoms. The molecule has 1 saturated heterocycles. The van der Waals surface area contributed by atoms with E-state index in [1.165, 1.54) is 0 Å². The summed E-state index contributed by atoms with van der Waals surface area (Å²) in [4.78, 5) is 25.7. The second kappa shape index (κ2) is 6.37. The molecule has 0 aliphatic carbocycles. The Labute approximate surface area is 115 Å². The zero-order chi connectivity index (χ0) is 14.6. The van der Waals surface area contributed by atoms with Crippen LogP contribution in [0.3, 0.4) is 0 Å². The van der Waals surface area contributed by atoms with Crippen molar-refractivity contribution in [3.05, 3.63) is 0 Å². The number of nitrogens with zero attached hydrogens (tertiary/aromatic N) is 1. The summed E-state index contributed by atoms with van der Waals surface area (Å²) in [5.41, 5.74) is 4.89. The molecule has 1 atom stereocenters. The standard InChI is InChI=1S/C14H27N3O2/c1-10(2)7-17(8-12(15)18)13(19)14(11(3)4)5-6-16-9-14/h10-11,16H,5-9H2,1-4H3,(H2,15,18). The number of hydrogen-bond donors (Lipinski definition) is 2. The highest BCUT2D eigenvalue weighted by molar-refractivity contribution is 5.88. The second-order valence-electron chi connectivity index (χ2n) is 6.28. The Balaban J connectivity index is 2.92. The van der Waals surface area contributed by atoms with Gasteiger partial charge in [-0.3, -0.25) is 9.59 Å². The van der Waals surface area contributed by atoms with Crippen LogP contribution < -0.4 is 11.1 Å². The molecule has 1 rings (SSSR count). The van der Waals surface area contributed by atoms with Crippen LogP contribution in [0.2, 0.25) is 0 Å². The summed E-state index contributed by atoms with van der Waals surface area (Å²) in [6, 6.07) is 0. The lowest BCUT2D eigenvalue weighted by Gasteiger charge is -2.37. The molecule has 0 aromatic rings. The van der Waals surface area contributed by atoms with E-state index in [1.807, 2.05) is 13.8 Å². The molecule has 1 aliphatic heterocycles. The molecule has 1 heterocycles. The first-order valence-electron chi connectivity index (χ1n) is 7.08. The van der Waals surface area contributed by atoms with E-state index in [2.05, 4.69) is 19.2 Å². The first-order valence-corrected chi connectivity index (χ1v) is 7.08. The van der Waals surface area contributed by atoms with Gasteiger partial charge in [-0.15, -0.1) is 0 Å². The maximum absolute atomic E-state index is 12.9. The summed E-state index contributed by atoms with van der Waals surface area (Å²) in [5, 5.41) is 3.27. The third-order valence-electron chi connectivity index (χ3n) is 3.94. The Morgan fingerprint density at radius 2 is 1.95 bits per heavy atom. The molecule has 0 spiro atoms. The lowest BCUT2D eigenvalue weighted by atomic mass is 9.75. The highest BCUT2D eigenvalue weighted by atomic mass is 16.2. The molecular weight excluding hydrogens is 242 g/mol. The van der Waals surface area contributed by atoms with E-state index >= 15 is 0 Å². The van der Waals surface area contributed by atoms with Crippen LogP contribution in [0.5, 0.6) is 0 Å². The van der Waals surface area contributed by atoms with E-state index in [4.69, 9.17) is 5.73 Å². The van der Waals surface area contributed by atoms with Gasteiger partial charge >= 0.3 is 0 Å². The first kappa shape index (κ1) is 16.0. The van der Waals surface area contributed by atoms with Crippen molar-refractivity contribution in [3.8, 4) is 0 Å². The quantitative estimate of drug-likeness (QED) is 0.741. The molecule has 0 aromatic heterocycles. The van der Waals surface area contributed by atoms with Crippen LogP contribution in [0.25, 0.3) is 0 Å². The lowest BCUT2D eigenvalue weighted by molar-refractivity contribution is -0.146. The molecule has 0 saturated carbocycles. The number of amides is 2. The van der Waals surface area contributed by atoms with E-state index in [-0.39, 0.29) is 23.8 Å². The Hall–Kier alpha value is -1.10. The maximum Gasteiger partial charge on any atom is 0.237 e. The van der Waals surface area contributed by atoms with Gasteiger partial charge in [0.2, 0.25) is 11.8 Å². The molecule has 5 nitrogen and oxygen atoms in total. The zero-order valence-electron chi connectivity index (χ0n) is 12.5. The van der Waals surface area contributed by atoms with Crippen molar-refractivity contribution in [2.45, 2.75) is 34.1 Å². The van der Waals surface area contributed by atoms with Crippen molar-refractivity contribution >= 4 is 11.8 Å². The van der Waals surface area contributed by atoms with Gasteiger partial charge in [-0.05, 0) is 24.8 Å². The van der Waals surface area contributed by atoms with Crippen LogP contribution in [-0.2, 0) is 9.59 Å². The topological polar surface area (TPSA) is 75.4 Å². The average molecular weight is 269 g/mol. The minimum Gasteiger partial charge on any atom is -0.368 e. The SMILES string of the molecule is CC(C)CN(CC(N)=O)C(=O)C1(C(C)C)CCNC1. The second-order valence-corrected chi connectivity index (χ2v) is 6.28. The fourth-order valence-corrected chi connectivity index (χ4v) is 2.80. The van der Waals surface area contributed by atoms with Crippen LogP contribution in [-0.4, -0.2) is 42.9 Å². The van der Waals surface area contributed by atoms with Crippen LogP contribution in [0.4, 0.5) is 0 Å². The highest BCUT2D eigenvalue weighted by Crippen LogP contribution is 2.36. The monoisotopic (exact) mass is 269 g/mol. The van der Waals surface area contributed by atoms with Gasteiger partial charge in [-0.2, -0.15) is 0 Å². The van der Waals surface area contributed by atoms with Gasteiger partial charge in [0.1, 0.15) is 0 Å². The Kier molecular flexibility index (Phi) is 5.35. The van der Waals surface area contributed by atoms with Crippen molar-refractivity contribution in [2.75, 3.05) is 26.2 Å². The van der Waals surface area contributed by atoms with Gasteiger partial charge < -0.3 is 16.0 Å². The van der Waals surface area contributed by atoms with Gasteiger partial charge in [0.25, 0.3) is 0 Å². The van der Waals surface area contributed by atoms with E-state index in [1.54, 1.807) is 4.90 Å². The normalized spacial score (nSPS) is 23.1. The molecule has 0 aromatic carbocycles. The highest BCUT2D eigenvalue weighted by Gasteiger charge is 2.46. The van der Waals surface area contributed by atoms with E-state index < -0.39 is 5.91 Å². The van der Waals surface area contributed by atoms with Gasteiger partial charge in [-0.25, -0.2) is 0 Å². The van der Waals surface area contributed by atoms with Gasteiger partial charge in [0, 0.05) is 13.1 Å². The number of rotatable bonds is 6. The summed E-state index contributed by atoms with van der Waals surface area (Å²) in [7, 11) is 0. The lowest BCUT2D eigenvalue weighted by Crippen LogP contribution is -2.51. The smallest absolute Gasteiger partial charge is 0.237 e. The number of carbonyl (C=O) groups excluding carboxylic acids is 2. The van der Waals surface area contributed by atoms with Crippen LogP contribution in [0, 0.1) is 17.3 Å². The fraction of sp³-hybridized carbons (Fsp3) is 0.857. The van der Waals surface area contributed by atoms with Crippen LogP contribution >= 0.6 is 0 Å². The van der Waals surface area contributed by atoms with E-state index in [0.29, 0.717) is 19.0 Å².